The van der Waals surface area contributed by atoms with E-state index < -0.39 is 11.9 Å². The Hall–Kier alpha value is -2.53. The van der Waals surface area contributed by atoms with E-state index in [0.717, 1.165) is 11.1 Å². The second kappa shape index (κ2) is 7.57. The number of hydrogen-bond acceptors (Lipinski definition) is 1. The second-order valence-corrected chi connectivity index (χ2v) is 6.35. The Kier molecular flexibility index (Phi) is 5.24. The van der Waals surface area contributed by atoms with Crippen LogP contribution in [0, 0.1) is 11.6 Å². The van der Waals surface area contributed by atoms with Gasteiger partial charge in [-0.2, -0.15) is 0 Å². The third kappa shape index (κ3) is 4.12. The molecule has 126 valence electrons. The monoisotopic (exact) mass is 401 g/mol. The van der Waals surface area contributed by atoms with Crippen LogP contribution in [-0.4, -0.2) is 5.91 Å². The van der Waals surface area contributed by atoms with Crippen LogP contribution < -0.4 is 5.32 Å². The lowest BCUT2D eigenvalue weighted by molar-refractivity contribution is 0.0942. The van der Waals surface area contributed by atoms with Crippen LogP contribution >= 0.6 is 15.9 Å². The van der Waals surface area contributed by atoms with Crippen molar-refractivity contribution in [3.63, 3.8) is 0 Å². The number of amides is 1. The van der Waals surface area contributed by atoms with E-state index in [1.807, 2.05) is 30.3 Å². The highest BCUT2D eigenvalue weighted by Gasteiger charge is 2.19. The van der Waals surface area contributed by atoms with E-state index in [2.05, 4.69) is 21.2 Å². The van der Waals surface area contributed by atoms with Crippen molar-refractivity contribution in [2.75, 3.05) is 0 Å². The fourth-order valence-electron chi connectivity index (χ4n) is 2.54. The van der Waals surface area contributed by atoms with Gasteiger partial charge in [-0.25, -0.2) is 8.78 Å². The summed E-state index contributed by atoms with van der Waals surface area (Å²) in [4.78, 5) is 12.7. The minimum Gasteiger partial charge on any atom is -0.341 e. The maximum atomic E-state index is 13.2. The standard InChI is InChI=1S/C20H14BrF2NO/c21-18-12-16(23)10-11-17(18)20(25)24-19(13-4-2-1-3-5-13)14-6-8-15(22)9-7-14/h1-12,19H,(H,24,25). The molecule has 5 heteroatoms. The zero-order valence-corrected chi connectivity index (χ0v) is 14.6. The van der Waals surface area contributed by atoms with Gasteiger partial charge in [-0.1, -0.05) is 42.5 Å². The molecule has 0 aromatic heterocycles. The van der Waals surface area contributed by atoms with E-state index in [0.29, 0.717) is 10.0 Å². The predicted octanol–water partition coefficient (Wildman–Crippen LogP) is 5.25. The van der Waals surface area contributed by atoms with Crippen molar-refractivity contribution in [2.45, 2.75) is 6.04 Å². The third-order valence-electron chi connectivity index (χ3n) is 3.79. The van der Waals surface area contributed by atoms with E-state index in [1.165, 1.54) is 30.3 Å². The summed E-state index contributed by atoms with van der Waals surface area (Å²) in [5.41, 5.74) is 1.93. The second-order valence-electron chi connectivity index (χ2n) is 5.49. The summed E-state index contributed by atoms with van der Waals surface area (Å²) in [7, 11) is 0. The smallest absolute Gasteiger partial charge is 0.253 e. The van der Waals surface area contributed by atoms with Crippen LogP contribution in [0.4, 0.5) is 8.78 Å². The first-order chi connectivity index (χ1) is 12.0. The molecule has 0 aliphatic rings. The molecule has 1 unspecified atom stereocenters. The van der Waals surface area contributed by atoms with E-state index in [4.69, 9.17) is 0 Å². The molecular weight excluding hydrogens is 388 g/mol. The van der Waals surface area contributed by atoms with Crippen molar-refractivity contribution in [1.82, 2.24) is 5.32 Å². The van der Waals surface area contributed by atoms with Gasteiger partial charge in [0.1, 0.15) is 11.6 Å². The molecule has 0 saturated carbocycles. The highest BCUT2D eigenvalue weighted by Crippen LogP contribution is 2.24. The first-order valence-corrected chi connectivity index (χ1v) is 8.40. The minimum atomic E-state index is -0.453. The number of carbonyl (C=O) groups excluding carboxylic acids is 1. The number of halogens is 3. The Bertz CT molecular complexity index is 882. The maximum absolute atomic E-state index is 13.2. The molecule has 0 heterocycles. The van der Waals surface area contributed by atoms with Gasteiger partial charge in [0.15, 0.2) is 0 Å². The van der Waals surface area contributed by atoms with E-state index in [9.17, 15) is 13.6 Å². The Morgan fingerprint density at radius 3 is 2.08 bits per heavy atom. The average Bonchev–Trinajstić information content (AvgIpc) is 2.61. The molecular formula is C20H14BrF2NO. The van der Waals surface area contributed by atoms with Crippen LogP contribution in [0.2, 0.25) is 0 Å². The summed E-state index contributed by atoms with van der Waals surface area (Å²) < 4.78 is 26.9. The summed E-state index contributed by atoms with van der Waals surface area (Å²) in [6.45, 7) is 0. The lowest BCUT2D eigenvalue weighted by Crippen LogP contribution is -2.29. The van der Waals surface area contributed by atoms with Gasteiger partial charge in [-0.15, -0.1) is 0 Å². The van der Waals surface area contributed by atoms with E-state index >= 15 is 0 Å². The topological polar surface area (TPSA) is 29.1 Å². The molecule has 3 aromatic rings. The van der Waals surface area contributed by atoms with Crippen molar-refractivity contribution in [1.29, 1.82) is 0 Å². The fraction of sp³-hybridized carbons (Fsp3) is 0.0500. The van der Waals surface area contributed by atoms with E-state index in [1.54, 1.807) is 12.1 Å². The van der Waals surface area contributed by atoms with Crippen LogP contribution in [0.25, 0.3) is 0 Å². The number of nitrogens with one attached hydrogen (secondary N) is 1. The predicted molar refractivity (Wildman–Crippen MR) is 96.3 cm³/mol. The zero-order valence-electron chi connectivity index (χ0n) is 13.0. The number of carbonyl (C=O) groups is 1. The maximum Gasteiger partial charge on any atom is 0.253 e. The molecule has 1 amide bonds. The largest absolute Gasteiger partial charge is 0.341 e. The third-order valence-corrected chi connectivity index (χ3v) is 4.44. The molecule has 0 aliphatic heterocycles. The highest BCUT2D eigenvalue weighted by atomic mass is 79.9. The molecule has 3 aromatic carbocycles. The Labute approximate surface area is 152 Å². The molecule has 0 saturated heterocycles. The highest BCUT2D eigenvalue weighted by molar-refractivity contribution is 9.10. The van der Waals surface area contributed by atoms with Crippen LogP contribution in [0.3, 0.4) is 0 Å². The molecule has 0 radical (unpaired) electrons. The minimum absolute atomic E-state index is 0.324. The normalized spacial score (nSPS) is 11.8. The number of hydrogen-bond donors (Lipinski definition) is 1. The summed E-state index contributed by atoms with van der Waals surface area (Å²) in [5, 5.41) is 2.93. The van der Waals surface area contributed by atoms with Gasteiger partial charge in [0.2, 0.25) is 0 Å². The molecule has 2 nitrogen and oxygen atoms in total. The molecule has 0 aliphatic carbocycles. The Morgan fingerprint density at radius 2 is 1.44 bits per heavy atom. The average molecular weight is 402 g/mol. The molecule has 25 heavy (non-hydrogen) atoms. The number of benzene rings is 3. The lowest BCUT2D eigenvalue weighted by atomic mass is 9.98. The quantitative estimate of drug-likeness (QED) is 0.635. The van der Waals surface area contributed by atoms with Gasteiger partial charge >= 0.3 is 0 Å². The molecule has 1 N–H and O–H groups in total. The van der Waals surface area contributed by atoms with Gasteiger partial charge in [-0.05, 0) is 57.4 Å². The fourth-order valence-corrected chi connectivity index (χ4v) is 3.07. The van der Waals surface area contributed by atoms with Gasteiger partial charge in [0.05, 0.1) is 11.6 Å². The SMILES string of the molecule is O=C(NC(c1ccccc1)c1ccc(F)cc1)c1ccc(F)cc1Br. The molecule has 0 fully saturated rings. The molecule has 3 rings (SSSR count). The Balaban J connectivity index is 1.95. The number of rotatable bonds is 4. The van der Waals surface area contributed by atoms with E-state index in [-0.39, 0.29) is 11.7 Å². The van der Waals surface area contributed by atoms with Gasteiger partial charge in [-0.3, -0.25) is 4.79 Å². The van der Waals surface area contributed by atoms with Crippen molar-refractivity contribution < 1.29 is 13.6 Å². The van der Waals surface area contributed by atoms with Gasteiger partial charge in [0, 0.05) is 4.47 Å². The van der Waals surface area contributed by atoms with Gasteiger partial charge < -0.3 is 5.32 Å². The van der Waals surface area contributed by atoms with Crippen molar-refractivity contribution in [3.8, 4) is 0 Å². The van der Waals surface area contributed by atoms with Crippen LogP contribution in [0.5, 0.6) is 0 Å². The van der Waals surface area contributed by atoms with Crippen molar-refractivity contribution >= 4 is 21.8 Å². The first-order valence-electron chi connectivity index (χ1n) is 7.61. The lowest BCUT2D eigenvalue weighted by Gasteiger charge is -2.20. The van der Waals surface area contributed by atoms with Crippen LogP contribution in [0.1, 0.15) is 27.5 Å². The van der Waals surface area contributed by atoms with Crippen LogP contribution in [-0.2, 0) is 0 Å². The first kappa shape index (κ1) is 17.3. The summed E-state index contributed by atoms with van der Waals surface area (Å²) >= 11 is 3.21. The molecule has 0 spiro atoms. The van der Waals surface area contributed by atoms with Gasteiger partial charge in [0.25, 0.3) is 5.91 Å². The van der Waals surface area contributed by atoms with Crippen LogP contribution in [0.15, 0.2) is 77.3 Å². The van der Waals surface area contributed by atoms with Crippen molar-refractivity contribution in [2.24, 2.45) is 0 Å². The summed E-state index contributed by atoms with van der Waals surface area (Å²) in [6, 6.07) is 18.8. The Morgan fingerprint density at radius 1 is 0.840 bits per heavy atom. The summed E-state index contributed by atoms with van der Waals surface area (Å²) in [6.07, 6.45) is 0. The zero-order chi connectivity index (χ0) is 17.8. The summed E-state index contributed by atoms with van der Waals surface area (Å²) in [5.74, 6) is -1.13. The molecule has 0 bridgehead atoms. The molecule has 1 atom stereocenters. The van der Waals surface area contributed by atoms with Crippen molar-refractivity contribution in [3.05, 3.63) is 106 Å².